The van der Waals surface area contributed by atoms with Crippen molar-refractivity contribution in [3.05, 3.63) is 47.9 Å². The third kappa shape index (κ3) is 1.97. The van der Waals surface area contributed by atoms with Crippen LogP contribution in [0.5, 0.6) is 0 Å². The maximum absolute atomic E-state index is 12.2. The lowest BCUT2D eigenvalue weighted by Crippen LogP contribution is -2.14. The molecule has 0 aliphatic heterocycles. The van der Waals surface area contributed by atoms with Crippen LogP contribution in [-0.4, -0.2) is 21.1 Å². The topological polar surface area (TPSA) is 96.7 Å². The van der Waals surface area contributed by atoms with Crippen LogP contribution >= 0.6 is 0 Å². The summed E-state index contributed by atoms with van der Waals surface area (Å²) < 4.78 is 0. The lowest BCUT2D eigenvalue weighted by molar-refractivity contribution is 0.102. The highest BCUT2D eigenvalue weighted by Crippen LogP contribution is 2.22. The molecule has 2 aromatic heterocycles. The number of nitrogen functional groups attached to an aromatic ring is 1. The number of nitrogens with zero attached hydrogens (tertiary/aromatic N) is 2. The number of nitrogens with two attached hydrogens (primary N) is 1. The standard InChI is InChI=1S/C14H13N5O/c1-8-12(15)13(19-18-8)14(20)17-11-6-2-5-10-9(11)4-3-7-16-10/h2-7H,15H2,1H3,(H,17,20)(H,18,19). The largest absolute Gasteiger partial charge is 0.395 e. The number of H-pyrrole nitrogens is 1. The molecule has 1 amide bonds. The van der Waals surface area contributed by atoms with E-state index in [9.17, 15) is 4.79 Å². The van der Waals surface area contributed by atoms with Gasteiger partial charge in [0.15, 0.2) is 5.69 Å². The number of nitrogens with one attached hydrogen (secondary N) is 2. The number of fused-ring (bicyclic) bond motifs is 1. The van der Waals surface area contributed by atoms with E-state index in [4.69, 9.17) is 5.73 Å². The van der Waals surface area contributed by atoms with Gasteiger partial charge in [-0.1, -0.05) is 6.07 Å². The van der Waals surface area contributed by atoms with Crippen LogP contribution in [0, 0.1) is 6.92 Å². The summed E-state index contributed by atoms with van der Waals surface area (Å²) >= 11 is 0. The van der Waals surface area contributed by atoms with Gasteiger partial charge in [0.2, 0.25) is 0 Å². The molecule has 3 aromatic rings. The molecule has 0 saturated carbocycles. The van der Waals surface area contributed by atoms with Crippen molar-refractivity contribution in [3.8, 4) is 0 Å². The second-order valence-electron chi connectivity index (χ2n) is 4.44. The number of carbonyl (C=O) groups excluding carboxylic acids is 1. The smallest absolute Gasteiger partial charge is 0.278 e. The van der Waals surface area contributed by atoms with Gasteiger partial charge in [-0.25, -0.2) is 0 Å². The number of carbonyl (C=O) groups is 1. The Balaban J connectivity index is 1.97. The minimum Gasteiger partial charge on any atom is -0.395 e. The van der Waals surface area contributed by atoms with Crippen LogP contribution in [0.25, 0.3) is 10.9 Å². The first-order valence-electron chi connectivity index (χ1n) is 6.12. The van der Waals surface area contributed by atoms with Gasteiger partial charge < -0.3 is 11.1 Å². The predicted octanol–water partition coefficient (Wildman–Crippen LogP) is 2.10. The Bertz CT molecular complexity index is 788. The lowest BCUT2D eigenvalue weighted by Gasteiger charge is -2.07. The van der Waals surface area contributed by atoms with E-state index in [0.29, 0.717) is 17.1 Å². The lowest BCUT2D eigenvalue weighted by atomic mass is 10.1. The molecule has 0 fully saturated rings. The van der Waals surface area contributed by atoms with Gasteiger partial charge in [0, 0.05) is 11.6 Å². The van der Waals surface area contributed by atoms with Crippen LogP contribution in [0.1, 0.15) is 16.2 Å². The van der Waals surface area contributed by atoms with E-state index in [1.54, 1.807) is 13.1 Å². The predicted molar refractivity (Wildman–Crippen MR) is 77.4 cm³/mol. The van der Waals surface area contributed by atoms with Crippen LogP contribution in [0.4, 0.5) is 11.4 Å². The van der Waals surface area contributed by atoms with Crippen molar-refractivity contribution >= 4 is 28.2 Å². The molecule has 1 aromatic carbocycles. The first kappa shape index (κ1) is 12.2. The molecule has 0 saturated heterocycles. The average Bonchev–Trinajstić information content (AvgIpc) is 2.79. The first-order valence-corrected chi connectivity index (χ1v) is 6.12. The molecule has 3 rings (SSSR count). The molecule has 6 nitrogen and oxygen atoms in total. The first-order chi connectivity index (χ1) is 9.66. The molecule has 0 atom stereocenters. The van der Waals surface area contributed by atoms with Crippen molar-refractivity contribution in [3.63, 3.8) is 0 Å². The summed E-state index contributed by atoms with van der Waals surface area (Å²) in [5.74, 6) is -0.344. The second-order valence-corrected chi connectivity index (χ2v) is 4.44. The fourth-order valence-electron chi connectivity index (χ4n) is 2.00. The fraction of sp³-hybridized carbons (Fsp3) is 0.0714. The molecule has 0 aliphatic carbocycles. The van der Waals surface area contributed by atoms with E-state index in [0.717, 1.165) is 10.9 Å². The zero-order chi connectivity index (χ0) is 14.1. The second kappa shape index (κ2) is 4.65. The normalized spacial score (nSPS) is 10.7. The third-order valence-corrected chi connectivity index (χ3v) is 3.10. The van der Waals surface area contributed by atoms with E-state index in [-0.39, 0.29) is 11.6 Å². The van der Waals surface area contributed by atoms with E-state index in [1.807, 2.05) is 30.3 Å². The number of hydrogen-bond donors (Lipinski definition) is 3. The van der Waals surface area contributed by atoms with E-state index >= 15 is 0 Å². The minimum absolute atomic E-state index is 0.198. The van der Waals surface area contributed by atoms with Crippen LogP contribution in [-0.2, 0) is 0 Å². The summed E-state index contributed by atoms with van der Waals surface area (Å²) in [6.45, 7) is 1.76. The Hall–Kier alpha value is -2.89. The van der Waals surface area contributed by atoms with Gasteiger partial charge in [0.05, 0.1) is 22.6 Å². The molecule has 4 N–H and O–H groups in total. The number of anilines is 2. The summed E-state index contributed by atoms with van der Waals surface area (Å²) in [5.41, 5.74) is 8.54. The maximum Gasteiger partial charge on any atom is 0.278 e. The van der Waals surface area contributed by atoms with Crippen LogP contribution in [0.3, 0.4) is 0 Å². The SMILES string of the molecule is Cc1[nH]nc(C(=O)Nc2cccc3ncccc23)c1N. The van der Waals surface area contributed by atoms with E-state index in [2.05, 4.69) is 20.5 Å². The van der Waals surface area contributed by atoms with Gasteiger partial charge in [0.25, 0.3) is 5.91 Å². The summed E-state index contributed by atoms with van der Waals surface area (Å²) in [5, 5.41) is 10.3. The van der Waals surface area contributed by atoms with Crippen LogP contribution in [0.15, 0.2) is 36.5 Å². The van der Waals surface area contributed by atoms with Gasteiger partial charge in [-0.05, 0) is 31.2 Å². The number of benzene rings is 1. The van der Waals surface area contributed by atoms with Crippen molar-refractivity contribution in [2.75, 3.05) is 11.1 Å². The number of rotatable bonds is 2. The van der Waals surface area contributed by atoms with Crippen molar-refractivity contribution in [1.29, 1.82) is 0 Å². The van der Waals surface area contributed by atoms with E-state index in [1.165, 1.54) is 0 Å². The Morgan fingerprint density at radius 3 is 2.90 bits per heavy atom. The number of amides is 1. The van der Waals surface area contributed by atoms with Crippen molar-refractivity contribution in [2.24, 2.45) is 0 Å². The molecule has 0 radical (unpaired) electrons. The molecule has 6 heteroatoms. The number of aryl methyl sites for hydroxylation is 1. The van der Waals surface area contributed by atoms with E-state index < -0.39 is 0 Å². The van der Waals surface area contributed by atoms with Gasteiger partial charge in [-0.15, -0.1) is 0 Å². The Morgan fingerprint density at radius 2 is 2.15 bits per heavy atom. The van der Waals surface area contributed by atoms with Crippen LogP contribution < -0.4 is 11.1 Å². The number of hydrogen-bond acceptors (Lipinski definition) is 4. The highest BCUT2D eigenvalue weighted by atomic mass is 16.2. The molecule has 20 heavy (non-hydrogen) atoms. The molecule has 2 heterocycles. The molecule has 0 unspecified atom stereocenters. The summed E-state index contributed by atoms with van der Waals surface area (Å²) in [6, 6.07) is 9.27. The third-order valence-electron chi connectivity index (χ3n) is 3.10. The molecular formula is C14H13N5O. The molecular weight excluding hydrogens is 254 g/mol. The van der Waals surface area contributed by atoms with Gasteiger partial charge >= 0.3 is 0 Å². The fourth-order valence-corrected chi connectivity index (χ4v) is 2.00. The summed E-state index contributed by atoms with van der Waals surface area (Å²) in [7, 11) is 0. The number of aromatic nitrogens is 3. The van der Waals surface area contributed by atoms with Crippen molar-refractivity contribution in [2.45, 2.75) is 6.92 Å². The molecule has 0 spiro atoms. The Labute approximate surface area is 115 Å². The quantitative estimate of drug-likeness (QED) is 0.662. The average molecular weight is 267 g/mol. The number of pyridine rings is 1. The number of aromatic amines is 1. The van der Waals surface area contributed by atoms with Gasteiger partial charge in [0.1, 0.15) is 0 Å². The highest BCUT2D eigenvalue weighted by molar-refractivity contribution is 6.10. The van der Waals surface area contributed by atoms with Crippen molar-refractivity contribution < 1.29 is 4.79 Å². The molecule has 100 valence electrons. The van der Waals surface area contributed by atoms with Crippen molar-refractivity contribution in [1.82, 2.24) is 15.2 Å². The minimum atomic E-state index is -0.344. The highest BCUT2D eigenvalue weighted by Gasteiger charge is 2.16. The Morgan fingerprint density at radius 1 is 1.30 bits per heavy atom. The van der Waals surface area contributed by atoms with Gasteiger partial charge in [-0.3, -0.25) is 14.9 Å². The van der Waals surface area contributed by atoms with Crippen LogP contribution in [0.2, 0.25) is 0 Å². The summed E-state index contributed by atoms with van der Waals surface area (Å²) in [4.78, 5) is 16.4. The van der Waals surface area contributed by atoms with Gasteiger partial charge in [-0.2, -0.15) is 5.10 Å². The molecule has 0 aliphatic rings. The zero-order valence-corrected chi connectivity index (χ0v) is 10.8. The zero-order valence-electron chi connectivity index (χ0n) is 10.8. The summed E-state index contributed by atoms with van der Waals surface area (Å²) in [6.07, 6.45) is 1.71. The monoisotopic (exact) mass is 267 g/mol. The molecule has 0 bridgehead atoms. The Kier molecular flexibility index (Phi) is 2.83. The maximum atomic E-state index is 12.2.